The molecule has 0 aliphatic carbocycles. The Morgan fingerprint density at radius 1 is 1.15 bits per heavy atom. The normalized spacial score (nSPS) is 17.7. The topological polar surface area (TPSA) is 178 Å². The number of nitrogens with zero attached hydrogens (tertiary/aromatic N) is 1. The number of carbonyl (C=O) groups is 1. The first-order chi connectivity index (χ1) is 18.3. The molecule has 2 aromatic carbocycles. The molecule has 0 saturated carbocycles. The molecule has 1 heterocycles. The van der Waals surface area contributed by atoms with E-state index < -0.39 is 48.7 Å². The Hall–Kier alpha value is -2.51. The van der Waals surface area contributed by atoms with E-state index in [4.69, 9.17) is 19.7 Å². The van der Waals surface area contributed by atoms with Crippen LogP contribution in [0.4, 0.5) is 10.5 Å². The van der Waals surface area contributed by atoms with Crippen molar-refractivity contribution in [3.8, 4) is 0 Å². The standard InChI is InChI=1S/C25H36N3O9PS/c1-18(2)15-28(39(33,34)22-10-8-20(26)9-11-22)16-24(37-38(30,31)32)23(14-19-6-4-3-5-7-19)27-25(29)36-21-12-13-35-17-21/h3-11,18,21,23-24H,12-17,26H2,1-2H3,(H,27,29)(H2,30,31,32)/t21-,23-,24+/m0/s1/i8+1,9+1,10+1,11+1,20+1,22+1. The number of rotatable bonds is 13. The van der Waals surface area contributed by atoms with Gasteiger partial charge in [0, 0.05) is 25.2 Å². The van der Waals surface area contributed by atoms with E-state index in [2.05, 4.69) is 5.32 Å². The number of benzene rings is 2. The second-order valence-electron chi connectivity index (χ2n) is 9.75. The Bertz CT molecular complexity index is 1220. The van der Waals surface area contributed by atoms with Gasteiger partial charge in [-0.15, -0.1) is 0 Å². The van der Waals surface area contributed by atoms with Crippen LogP contribution in [0.25, 0.3) is 0 Å². The number of amides is 1. The third-order valence-electron chi connectivity index (χ3n) is 5.96. The summed E-state index contributed by atoms with van der Waals surface area (Å²) in [6.07, 6.45) is -2.14. The van der Waals surface area contributed by atoms with E-state index in [0.29, 0.717) is 18.7 Å². The van der Waals surface area contributed by atoms with Crippen LogP contribution in [0.2, 0.25) is 0 Å². The van der Waals surface area contributed by atoms with Crippen molar-refractivity contribution in [3.63, 3.8) is 0 Å². The fraction of sp³-hybridized carbons (Fsp3) is 0.480. The van der Waals surface area contributed by atoms with E-state index in [1.54, 1.807) is 30.3 Å². The predicted octanol–water partition coefficient (Wildman–Crippen LogP) is 2.52. The zero-order valence-corrected chi connectivity index (χ0v) is 23.6. The number of nitrogen functional groups attached to an aromatic ring is 1. The third kappa shape index (κ3) is 9.87. The molecule has 0 aromatic heterocycles. The van der Waals surface area contributed by atoms with Crippen LogP contribution >= 0.6 is 7.82 Å². The zero-order chi connectivity index (χ0) is 28.6. The minimum atomic E-state index is -5.12. The van der Waals surface area contributed by atoms with Gasteiger partial charge in [-0.05, 0) is 42.2 Å². The SMILES string of the molecule is CC(C)CN(C[C@@H](OP(=O)(O)O)[C@H](Cc1ccccc1)NC(=O)O[C@H]1CCOC1)S(=O)(=O)[13c]1[13cH][13cH][13c](N)[13cH][13cH]1. The molecule has 3 atom stereocenters. The number of phosphoric acid groups is 1. The van der Waals surface area contributed by atoms with Gasteiger partial charge in [-0.2, -0.15) is 4.31 Å². The van der Waals surface area contributed by atoms with Crippen LogP contribution in [-0.4, -0.2) is 73.2 Å². The summed E-state index contributed by atoms with van der Waals surface area (Å²) >= 11 is 0. The number of hydrogen-bond acceptors (Lipinski definition) is 8. The number of carbonyl (C=O) groups excluding carboxylic acids is 1. The second-order valence-corrected chi connectivity index (χ2v) is 12.9. The molecule has 1 aliphatic heterocycles. The zero-order valence-electron chi connectivity index (χ0n) is 21.9. The van der Waals surface area contributed by atoms with Gasteiger partial charge in [0.25, 0.3) is 0 Å². The molecule has 0 bridgehead atoms. The van der Waals surface area contributed by atoms with Crippen LogP contribution in [0.5, 0.6) is 0 Å². The minimum absolute atomic E-state index is 0.0235. The highest BCUT2D eigenvalue weighted by atomic mass is 32.2. The number of nitrogens with two attached hydrogens (primary N) is 1. The molecule has 216 valence electrons. The van der Waals surface area contributed by atoms with E-state index in [9.17, 15) is 27.6 Å². The van der Waals surface area contributed by atoms with Gasteiger partial charge in [0.1, 0.15) is 12.2 Å². The highest BCUT2D eigenvalue weighted by Crippen LogP contribution is 2.39. The lowest BCUT2D eigenvalue weighted by molar-refractivity contribution is 0.0601. The molecule has 1 amide bonds. The van der Waals surface area contributed by atoms with Crippen LogP contribution in [0.3, 0.4) is 0 Å². The van der Waals surface area contributed by atoms with Gasteiger partial charge < -0.3 is 30.3 Å². The number of hydrogen-bond donors (Lipinski definition) is 4. The molecule has 2 aromatic rings. The molecule has 12 nitrogen and oxygen atoms in total. The maximum Gasteiger partial charge on any atom is 0.469 e. The number of phosphoric ester groups is 1. The maximum atomic E-state index is 13.6. The molecular weight excluding hydrogens is 555 g/mol. The molecule has 0 unspecified atom stereocenters. The molecule has 1 saturated heterocycles. The first-order valence-corrected chi connectivity index (χ1v) is 15.5. The molecule has 39 heavy (non-hydrogen) atoms. The third-order valence-corrected chi connectivity index (χ3v) is 8.35. The Morgan fingerprint density at radius 3 is 2.38 bits per heavy atom. The summed E-state index contributed by atoms with van der Waals surface area (Å²) in [7, 11) is -9.26. The van der Waals surface area contributed by atoms with Gasteiger partial charge in [0.2, 0.25) is 10.0 Å². The van der Waals surface area contributed by atoms with Crippen molar-refractivity contribution in [2.45, 2.75) is 49.8 Å². The molecule has 3 rings (SSSR count). The van der Waals surface area contributed by atoms with Crippen molar-refractivity contribution in [2.24, 2.45) is 5.92 Å². The number of alkyl carbamates (subject to hydrolysis) is 1. The lowest BCUT2D eigenvalue weighted by Gasteiger charge is -2.33. The Labute approximate surface area is 228 Å². The summed E-state index contributed by atoms with van der Waals surface area (Å²) in [5.41, 5.74) is 6.82. The van der Waals surface area contributed by atoms with Crippen LogP contribution in [0.15, 0.2) is 59.5 Å². The summed E-state index contributed by atoms with van der Waals surface area (Å²) in [5.74, 6) is -0.142. The van der Waals surface area contributed by atoms with Crippen LogP contribution in [0, 0.1) is 5.92 Å². The fourth-order valence-corrected chi connectivity index (χ4v) is 6.35. The van der Waals surface area contributed by atoms with Crippen molar-refractivity contribution in [3.05, 3.63) is 60.2 Å². The highest BCUT2D eigenvalue weighted by Gasteiger charge is 2.37. The average molecular weight is 592 g/mol. The lowest BCUT2D eigenvalue weighted by Crippen LogP contribution is -2.52. The number of sulfonamides is 1. The minimum Gasteiger partial charge on any atom is -0.444 e. The van der Waals surface area contributed by atoms with E-state index in [1.807, 2.05) is 13.8 Å². The van der Waals surface area contributed by atoms with Gasteiger partial charge in [-0.1, -0.05) is 44.2 Å². The highest BCUT2D eigenvalue weighted by molar-refractivity contribution is 7.89. The molecular formula is C25H36N3O9PS. The van der Waals surface area contributed by atoms with Crippen LogP contribution < -0.4 is 11.1 Å². The van der Waals surface area contributed by atoms with Gasteiger partial charge in [-0.25, -0.2) is 17.8 Å². The van der Waals surface area contributed by atoms with E-state index in [1.165, 1.54) is 24.3 Å². The molecule has 0 spiro atoms. The predicted molar refractivity (Wildman–Crippen MR) is 144 cm³/mol. The number of ether oxygens (including phenoxy) is 2. The smallest absolute Gasteiger partial charge is 0.444 e. The lowest BCUT2D eigenvalue weighted by atomic mass is 10.0. The van der Waals surface area contributed by atoms with Gasteiger partial charge >= 0.3 is 13.9 Å². The van der Waals surface area contributed by atoms with Crippen LogP contribution in [-0.2, 0) is 35.0 Å². The van der Waals surface area contributed by atoms with Gasteiger partial charge in [-0.3, -0.25) is 4.52 Å². The molecule has 5 N–H and O–H groups in total. The largest absolute Gasteiger partial charge is 0.469 e. The Kier molecular flexibility index (Phi) is 10.9. The quantitative estimate of drug-likeness (QED) is 0.200. The molecule has 0 radical (unpaired) electrons. The van der Waals surface area contributed by atoms with Crippen molar-refractivity contribution < 1.29 is 41.6 Å². The monoisotopic (exact) mass is 591 g/mol. The first kappa shape index (κ1) is 31.0. The Balaban J connectivity index is 1.96. The first-order valence-electron chi connectivity index (χ1n) is 12.5. The van der Waals surface area contributed by atoms with Crippen molar-refractivity contribution in [1.82, 2.24) is 9.62 Å². The molecule has 1 fully saturated rings. The second kappa shape index (κ2) is 13.7. The summed E-state index contributed by atoms with van der Waals surface area (Å²) in [4.78, 5) is 32.3. The molecule has 14 heteroatoms. The van der Waals surface area contributed by atoms with E-state index in [0.717, 1.165) is 9.87 Å². The van der Waals surface area contributed by atoms with Crippen molar-refractivity contribution in [2.75, 3.05) is 32.0 Å². The summed E-state index contributed by atoms with van der Waals surface area (Å²) in [6.45, 7) is 3.87. The average Bonchev–Trinajstić information content (AvgIpc) is 3.35. The maximum absolute atomic E-state index is 13.6. The summed E-state index contributed by atoms with van der Waals surface area (Å²) in [5, 5.41) is 2.65. The van der Waals surface area contributed by atoms with Gasteiger partial charge in [0.15, 0.2) is 0 Å². The van der Waals surface area contributed by atoms with Gasteiger partial charge in [0.05, 0.1) is 24.2 Å². The fourth-order valence-electron chi connectivity index (χ4n) is 4.16. The number of nitrogens with one attached hydrogen (secondary N) is 1. The van der Waals surface area contributed by atoms with Crippen molar-refractivity contribution >= 4 is 29.6 Å². The molecule has 1 aliphatic rings. The number of anilines is 1. The Morgan fingerprint density at radius 2 is 1.82 bits per heavy atom. The summed E-state index contributed by atoms with van der Waals surface area (Å²) < 4.78 is 56.2. The van der Waals surface area contributed by atoms with Crippen LogP contribution in [0.1, 0.15) is 25.8 Å². The van der Waals surface area contributed by atoms with E-state index in [-0.39, 0.29) is 30.4 Å². The summed E-state index contributed by atoms with van der Waals surface area (Å²) in [6, 6.07) is 13.5. The van der Waals surface area contributed by atoms with E-state index >= 15 is 0 Å². The van der Waals surface area contributed by atoms with Crippen molar-refractivity contribution in [1.29, 1.82) is 0 Å².